The van der Waals surface area contributed by atoms with Gasteiger partial charge in [-0.25, -0.2) is 0 Å². The third-order valence-electron chi connectivity index (χ3n) is 12.4. The number of epoxide rings is 1. The normalized spacial score (nSPS) is 48.1. The van der Waals surface area contributed by atoms with Crippen LogP contribution in [-0.2, 0) is 14.3 Å². The minimum absolute atomic E-state index is 0.0209. The van der Waals surface area contributed by atoms with Crippen LogP contribution in [0.25, 0.3) is 0 Å². The van der Waals surface area contributed by atoms with Crippen molar-refractivity contribution in [2.24, 2.45) is 46.3 Å². The second-order valence-corrected chi connectivity index (χ2v) is 15.2. The van der Waals surface area contributed by atoms with Gasteiger partial charge in [-0.05, 0) is 100.0 Å². The third kappa shape index (κ3) is 4.02. The monoisotopic (exact) mass is 501 g/mol. The van der Waals surface area contributed by atoms with Gasteiger partial charge < -0.3 is 14.4 Å². The molecule has 5 aliphatic rings. The topological polar surface area (TPSA) is 42.1 Å². The van der Waals surface area contributed by atoms with Gasteiger partial charge in [0.15, 0.2) is 0 Å². The van der Waals surface area contributed by atoms with Crippen LogP contribution in [0.2, 0.25) is 0 Å². The van der Waals surface area contributed by atoms with Crippen LogP contribution in [0.5, 0.6) is 0 Å². The highest BCUT2D eigenvalue weighted by Gasteiger charge is 2.83. The molecular formula is C32H55NO3. The van der Waals surface area contributed by atoms with Gasteiger partial charge in [0.1, 0.15) is 17.3 Å². The maximum absolute atomic E-state index is 11.8. The van der Waals surface area contributed by atoms with Gasteiger partial charge in [0.25, 0.3) is 0 Å². The van der Waals surface area contributed by atoms with Gasteiger partial charge in [0, 0.05) is 25.3 Å². The van der Waals surface area contributed by atoms with Gasteiger partial charge in [0.05, 0.1) is 0 Å². The summed E-state index contributed by atoms with van der Waals surface area (Å²) in [6.07, 6.45) is 14.1. The summed E-state index contributed by atoms with van der Waals surface area (Å²) < 4.78 is 12.9. The number of rotatable bonds is 8. The summed E-state index contributed by atoms with van der Waals surface area (Å²) in [4.78, 5) is 14.2. The quantitative estimate of drug-likeness (QED) is 0.263. The molecule has 0 aromatic carbocycles. The zero-order valence-electron chi connectivity index (χ0n) is 24.7. The molecule has 0 N–H and O–H groups in total. The molecule has 1 heterocycles. The molecule has 5 rings (SSSR count). The maximum atomic E-state index is 11.8. The fourth-order valence-electron chi connectivity index (χ4n) is 11.0. The van der Waals surface area contributed by atoms with E-state index < -0.39 is 0 Å². The molecule has 10 atom stereocenters. The largest absolute Gasteiger partial charge is 0.462 e. The van der Waals surface area contributed by atoms with Crippen molar-refractivity contribution in [3.63, 3.8) is 0 Å². The summed E-state index contributed by atoms with van der Waals surface area (Å²) in [6.45, 7) is 15.1. The summed E-state index contributed by atoms with van der Waals surface area (Å²) >= 11 is 0. The van der Waals surface area contributed by atoms with E-state index in [0.717, 1.165) is 61.3 Å². The van der Waals surface area contributed by atoms with E-state index in [1.165, 1.54) is 51.4 Å². The number of ether oxygens (including phenoxy) is 2. The minimum Gasteiger partial charge on any atom is -0.462 e. The first-order chi connectivity index (χ1) is 16.9. The van der Waals surface area contributed by atoms with E-state index in [-0.39, 0.29) is 28.7 Å². The van der Waals surface area contributed by atoms with E-state index >= 15 is 0 Å². The Kier molecular flexibility index (Phi) is 6.93. The van der Waals surface area contributed by atoms with Crippen molar-refractivity contribution in [1.29, 1.82) is 0 Å². The van der Waals surface area contributed by atoms with E-state index in [0.29, 0.717) is 5.41 Å². The SMILES string of the molecule is CC(=O)O[C@H]1CC[C@]2(C)C3CC[C@@]4(C)C(CC[C@@H]4[C@H](C)CCCC(C)C)C3C[C@]3(CN(C)C)O[C@]32C1. The fourth-order valence-corrected chi connectivity index (χ4v) is 11.0. The molecule has 3 unspecified atom stereocenters. The first kappa shape index (κ1) is 27.0. The number of likely N-dealkylation sites (N-methyl/N-ethyl adjacent to an activating group) is 1. The molecule has 1 aliphatic heterocycles. The van der Waals surface area contributed by atoms with Crippen LogP contribution in [0, 0.1) is 46.3 Å². The molecule has 206 valence electrons. The van der Waals surface area contributed by atoms with Gasteiger partial charge >= 0.3 is 5.97 Å². The van der Waals surface area contributed by atoms with Crippen molar-refractivity contribution in [1.82, 2.24) is 4.90 Å². The van der Waals surface area contributed by atoms with Crippen molar-refractivity contribution in [3.8, 4) is 0 Å². The highest BCUT2D eigenvalue weighted by Crippen LogP contribution is 2.78. The Labute approximate surface area is 221 Å². The lowest BCUT2D eigenvalue weighted by atomic mass is 9.42. The second-order valence-electron chi connectivity index (χ2n) is 15.2. The van der Waals surface area contributed by atoms with E-state index in [9.17, 15) is 4.79 Å². The number of hydrogen-bond donors (Lipinski definition) is 0. The minimum atomic E-state index is -0.138. The van der Waals surface area contributed by atoms with Crippen molar-refractivity contribution < 1.29 is 14.3 Å². The van der Waals surface area contributed by atoms with E-state index in [2.05, 4.69) is 53.6 Å². The zero-order valence-corrected chi connectivity index (χ0v) is 24.7. The van der Waals surface area contributed by atoms with Crippen molar-refractivity contribution in [2.75, 3.05) is 20.6 Å². The zero-order chi connectivity index (χ0) is 26.1. The highest BCUT2D eigenvalue weighted by molar-refractivity contribution is 5.66. The van der Waals surface area contributed by atoms with Crippen LogP contribution < -0.4 is 0 Å². The first-order valence-electron chi connectivity index (χ1n) is 15.4. The molecule has 1 spiro atoms. The lowest BCUT2D eigenvalue weighted by Gasteiger charge is -2.61. The number of esters is 1. The van der Waals surface area contributed by atoms with Gasteiger partial charge in [-0.3, -0.25) is 4.79 Å². The Morgan fingerprint density at radius 3 is 2.42 bits per heavy atom. The molecule has 0 radical (unpaired) electrons. The first-order valence-corrected chi connectivity index (χ1v) is 15.4. The maximum Gasteiger partial charge on any atom is 0.302 e. The van der Waals surface area contributed by atoms with Crippen LogP contribution in [0.3, 0.4) is 0 Å². The highest BCUT2D eigenvalue weighted by atomic mass is 16.6. The predicted molar refractivity (Wildman–Crippen MR) is 146 cm³/mol. The Balaban J connectivity index is 1.40. The number of hydrogen-bond acceptors (Lipinski definition) is 4. The van der Waals surface area contributed by atoms with Crippen molar-refractivity contribution in [3.05, 3.63) is 0 Å². The van der Waals surface area contributed by atoms with Crippen LogP contribution >= 0.6 is 0 Å². The van der Waals surface area contributed by atoms with E-state index in [1.807, 2.05) is 0 Å². The lowest BCUT2D eigenvalue weighted by Crippen LogP contribution is -2.62. The molecule has 1 saturated heterocycles. The molecule has 4 saturated carbocycles. The second kappa shape index (κ2) is 9.25. The molecule has 4 aliphatic carbocycles. The van der Waals surface area contributed by atoms with Gasteiger partial charge in [0.2, 0.25) is 0 Å². The average molecular weight is 502 g/mol. The smallest absolute Gasteiger partial charge is 0.302 e. The standard InChI is InChI=1S/C32H55NO3/c1-21(2)10-9-11-22(3)26-12-13-27-25-19-31(20-33(7)8)32(36-31)18-24(35-23(4)34)14-17-30(32,6)28(25)15-16-29(26,27)5/h21-22,24-28H,9-20H2,1-8H3/t22-,24+,25?,26-,27?,28?,29-,30-,31-,32+/m1/s1. The van der Waals surface area contributed by atoms with Crippen LogP contribution in [0.4, 0.5) is 0 Å². The Hall–Kier alpha value is -0.610. The predicted octanol–water partition coefficient (Wildman–Crippen LogP) is 7.10. The summed E-state index contributed by atoms with van der Waals surface area (Å²) in [5, 5.41) is 0. The molecule has 4 heteroatoms. The molecule has 0 amide bonds. The summed E-state index contributed by atoms with van der Waals surface area (Å²) in [5.74, 6) is 4.80. The number of carbonyl (C=O) groups excluding carboxylic acids is 1. The van der Waals surface area contributed by atoms with E-state index in [4.69, 9.17) is 9.47 Å². The third-order valence-corrected chi connectivity index (χ3v) is 12.4. The molecule has 5 fully saturated rings. The summed E-state index contributed by atoms with van der Waals surface area (Å²) in [5.41, 5.74) is 0.521. The van der Waals surface area contributed by atoms with Crippen molar-refractivity contribution in [2.45, 2.75) is 129 Å². The van der Waals surface area contributed by atoms with Crippen LogP contribution in [0.1, 0.15) is 112 Å². The molecule has 4 nitrogen and oxygen atoms in total. The summed E-state index contributed by atoms with van der Waals surface area (Å²) in [6, 6.07) is 0. The average Bonchev–Trinajstić information content (AvgIpc) is 3.22. The lowest BCUT2D eigenvalue weighted by molar-refractivity contribution is -0.159. The molecular weight excluding hydrogens is 446 g/mol. The Bertz CT molecular complexity index is 841. The van der Waals surface area contributed by atoms with Gasteiger partial charge in [-0.2, -0.15) is 0 Å². The fraction of sp³-hybridized carbons (Fsp3) is 0.969. The molecule has 0 aromatic heterocycles. The Morgan fingerprint density at radius 1 is 1.00 bits per heavy atom. The molecule has 0 aromatic rings. The number of fused-ring (bicyclic) bond motifs is 4. The number of carbonyl (C=O) groups is 1. The van der Waals surface area contributed by atoms with Gasteiger partial charge in [-0.15, -0.1) is 0 Å². The van der Waals surface area contributed by atoms with Crippen LogP contribution in [-0.4, -0.2) is 48.8 Å². The van der Waals surface area contributed by atoms with Gasteiger partial charge in [-0.1, -0.05) is 53.9 Å². The van der Waals surface area contributed by atoms with Crippen LogP contribution in [0.15, 0.2) is 0 Å². The summed E-state index contributed by atoms with van der Waals surface area (Å²) in [7, 11) is 4.41. The molecule has 0 bridgehead atoms. The van der Waals surface area contributed by atoms with Crippen molar-refractivity contribution >= 4 is 5.97 Å². The molecule has 36 heavy (non-hydrogen) atoms. The number of nitrogens with zero attached hydrogens (tertiary/aromatic N) is 1. The Morgan fingerprint density at radius 2 is 1.75 bits per heavy atom. The van der Waals surface area contributed by atoms with E-state index in [1.54, 1.807) is 6.92 Å².